The van der Waals surface area contributed by atoms with Crippen molar-refractivity contribution in [1.82, 2.24) is 5.32 Å². The van der Waals surface area contributed by atoms with Gasteiger partial charge in [-0.1, -0.05) is 42.5 Å². The van der Waals surface area contributed by atoms with Crippen LogP contribution < -0.4 is 14.8 Å². The molecule has 4 nitrogen and oxygen atoms in total. The van der Waals surface area contributed by atoms with E-state index in [1.54, 1.807) is 14.0 Å². The van der Waals surface area contributed by atoms with E-state index >= 15 is 0 Å². The van der Waals surface area contributed by atoms with Crippen LogP contribution in [-0.2, 0) is 11.3 Å². The van der Waals surface area contributed by atoms with Crippen LogP contribution in [0.3, 0.4) is 0 Å². The molecule has 1 N–H and O–H groups in total. The average Bonchev–Trinajstić information content (AvgIpc) is 2.66. The minimum atomic E-state index is -0.577. The maximum atomic E-state index is 12.2. The fourth-order valence-corrected chi connectivity index (χ4v) is 2.59. The van der Waals surface area contributed by atoms with Crippen molar-refractivity contribution < 1.29 is 14.3 Å². The molecule has 1 amide bonds. The molecule has 128 valence electrons. The Balaban J connectivity index is 1.64. The van der Waals surface area contributed by atoms with Crippen LogP contribution in [0.4, 0.5) is 0 Å². The van der Waals surface area contributed by atoms with E-state index in [-0.39, 0.29) is 5.91 Å². The SMILES string of the molecule is COc1ccc2ccc(O[C@H](C)C(=O)NCc3ccccc3)cc2c1. The Kier molecular flexibility index (Phi) is 5.19. The second kappa shape index (κ2) is 7.71. The molecule has 0 aliphatic rings. The predicted octanol–water partition coefficient (Wildman–Crippen LogP) is 3.93. The summed E-state index contributed by atoms with van der Waals surface area (Å²) in [4.78, 5) is 12.2. The lowest BCUT2D eigenvalue weighted by Crippen LogP contribution is -2.35. The molecule has 25 heavy (non-hydrogen) atoms. The second-order valence-electron chi connectivity index (χ2n) is 5.84. The van der Waals surface area contributed by atoms with Crippen LogP contribution in [0.5, 0.6) is 11.5 Å². The van der Waals surface area contributed by atoms with Gasteiger partial charge in [0.1, 0.15) is 11.5 Å². The van der Waals surface area contributed by atoms with Gasteiger partial charge >= 0.3 is 0 Å². The number of fused-ring (bicyclic) bond motifs is 1. The summed E-state index contributed by atoms with van der Waals surface area (Å²) in [7, 11) is 1.64. The molecule has 0 aliphatic carbocycles. The Hall–Kier alpha value is -3.01. The zero-order valence-electron chi connectivity index (χ0n) is 14.4. The third-order valence-corrected chi connectivity index (χ3v) is 4.01. The Bertz CT molecular complexity index is 861. The minimum Gasteiger partial charge on any atom is -0.497 e. The maximum absolute atomic E-state index is 12.2. The van der Waals surface area contributed by atoms with Crippen molar-refractivity contribution in [3.63, 3.8) is 0 Å². The van der Waals surface area contributed by atoms with Crippen LogP contribution in [0.25, 0.3) is 10.8 Å². The molecule has 0 heterocycles. The fourth-order valence-electron chi connectivity index (χ4n) is 2.59. The van der Waals surface area contributed by atoms with Gasteiger partial charge in [-0.3, -0.25) is 4.79 Å². The van der Waals surface area contributed by atoms with Crippen molar-refractivity contribution in [2.75, 3.05) is 7.11 Å². The smallest absolute Gasteiger partial charge is 0.261 e. The van der Waals surface area contributed by atoms with Gasteiger partial charge in [0, 0.05) is 6.54 Å². The number of benzene rings is 3. The Morgan fingerprint density at radius 1 is 0.960 bits per heavy atom. The van der Waals surface area contributed by atoms with Crippen LogP contribution in [0.1, 0.15) is 12.5 Å². The topological polar surface area (TPSA) is 47.6 Å². The summed E-state index contributed by atoms with van der Waals surface area (Å²) in [5.41, 5.74) is 1.06. The number of carbonyl (C=O) groups is 1. The van der Waals surface area contributed by atoms with Crippen molar-refractivity contribution in [1.29, 1.82) is 0 Å². The van der Waals surface area contributed by atoms with Gasteiger partial charge < -0.3 is 14.8 Å². The number of nitrogens with one attached hydrogen (secondary N) is 1. The Morgan fingerprint density at radius 3 is 2.36 bits per heavy atom. The largest absolute Gasteiger partial charge is 0.497 e. The molecule has 4 heteroatoms. The summed E-state index contributed by atoms with van der Waals surface area (Å²) < 4.78 is 11.0. The van der Waals surface area contributed by atoms with Gasteiger partial charge in [0.15, 0.2) is 6.10 Å². The van der Waals surface area contributed by atoms with E-state index in [0.29, 0.717) is 12.3 Å². The van der Waals surface area contributed by atoms with Gasteiger partial charge in [-0.25, -0.2) is 0 Å². The molecular weight excluding hydrogens is 314 g/mol. The molecule has 3 rings (SSSR count). The van der Waals surface area contributed by atoms with E-state index in [2.05, 4.69) is 5.32 Å². The Labute approximate surface area is 147 Å². The fraction of sp³-hybridized carbons (Fsp3) is 0.190. The summed E-state index contributed by atoms with van der Waals surface area (Å²) in [6, 6.07) is 21.4. The lowest BCUT2D eigenvalue weighted by Gasteiger charge is -2.15. The molecular formula is C21H21NO3. The second-order valence-corrected chi connectivity index (χ2v) is 5.84. The first-order valence-corrected chi connectivity index (χ1v) is 8.22. The number of hydrogen-bond acceptors (Lipinski definition) is 3. The maximum Gasteiger partial charge on any atom is 0.261 e. The zero-order valence-corrected chi connectivity index (χ0v) is 14.4. The zero-order chi connectivity index (χ0) is 17.6. The molecule has 0 radical (unpaired) electrons. The van der Waals surface area contributed by atoms with Crippen molar-refractivity contribution in [3.8, 4) is 11.5 Å². The summed E-state index contributed by atoms with van der Waals surface area (Å²) in [5, 5.41) is 4.99. The molecule has 0 unspecified atom stereocenters. The van der Waals surface area contributed by atoms with Crippen molar-refractivity contribution in [2.24, 2.45) is 0 Å². The number of hydrogen-bond donors (Lipinski definition) is 1. The van der Waals surface area contributed by atoms with E-state index in [1.165, 1.54) is 0 Å². The third kappa shape index (κ3) is 4.29. The number of methoxy groups -OCH3 is 1. The lowest BCUT2D eigenvalue weighted by atomic mass is 10.1. The molecule has 0 saturated carbocycles. The highest BCUT2D eigenvalue weighted by molar-refractivity contribution is 5.85. The molecule has 0 aliphatic heterocycles. The van der Waals surface area contributed by atoms with Crippen LogP contribution in [0, 0.1) is 0 Å². The summed E-state index contributed by atoms with van der Waals surface area (Å²) in [6.07, 6.45) is -0.577. The van der Waals surface area contributed by atoms with Crippen LogP contribution >= 0.6 is 0 Å². The highest BCUT2D eigenvalue weighted by atomic mass is 16.5. The van der Waals surface area contributed by atoms with Gasteiger partial charge in [0.2, 0.25) is 0 Å². The van der Waals surface area contributed by atoms with Gasteiger partial charge in [0.25, 0.3) is 5.91 Å². The van der Waals surface area contributed by atoms with Gasteiger partial charge in [-0.2, -0.15) is 0 Å². The van der Waals surface area contributed by atoms with Crippen LogP contribution in [-0.4, -0.2) is 19.1 Å². The lowest BCUT2D eigenvalue weighted by molar-refractivity contribution is -0.127. The average molecular weight is 335 g/mol. The van der Waals surface area contributed by atoms with E-state index < -0.39 is 6.10 Å². The van der Waals surface area contributed by atoms with E-state index in [9.17, 15) is 4.79 Å². The normalized spacial score (nSPS) is 11.8. The van der Waals surface area contributed by atoms with Crippen molar-refractivity contribution in [2.45, 2.75) is 19.6 Å². The van der Waals surface area contributed by atoms with Crippen LogP contribution in [0.2, 0.25) is 0 Å². The molecule has 0 fully saturated rings. The number of carbonyl (C=O) groups excluding carboxylic acids is 1. The first-order valence-electron chi connectivity index (χ1n) is 8.22. The molecule has 0 bridgehead atoms. The highest BCUT2D eigenvalue weighted by Gasteiger charge is 2.14. The third-order valence-electron chi connectivity index (χ3n) is 4.01. The van der Waals surface area contributed by atoms with Gasteiger partial charge in [0.05, 0.1) is 7.11 Å². The van der Waals surface area contributed by atoms with Crippen molar-refractivity contribution >= 4 is 16.7 Å². The molecule has 3 aromatic rings. The van der Waals surface area contributed by atoms with E-state index in [1.807, 2.05) is 66.7 Å². The molecule has 3 aromatic carbocycles. The molecule has 0 spiro atoms. The van der Waals surface area contributed by atoms with Crippen LogP contribution in [0.15, 0.2) is 66.7 Å². The van der Waals surface area contributed by atoms with E-state index in [4.69, 9.17) is 9.47 Å². The highest BCUT2D eigenvalue weighted by Crippen LogP contribution is 2.25. The van der Waals surface area contributed by atoms with Gasteiger partial charge in [-0.05, 0) is 47.5 Å². The first-order chi connectivity index (χ1) is 12.2. The number of rotatable bonds is 6. The first kappa shape index (κ1) is 16.8. The minimum absolute atomic E-state index is 0.144. The van der Waals surface area contributed by atoms with E-state index in [0.717, 1.165) is 22.1 Å². The monoisotopic (exact) mass is 335 g/mol. The summed E-state index contributed by atoms with van der Waals surface area (Å²) >= 11 is 0. The standard InChI is InChI=1S/C21H21NO3/c1-15(21(23)22-14-16-6-4-3-5-7-16)25-20-11-9-17-8-10-19(24-2)12-18(17)13-20/h3-13,15H,14H2,1-2H3,(H,22,23)/t15-/m1/s1. The number of amides is 1. The number of ether oxygens (including phenoxy) is 2. The molecule has 1 atom stereocenters. The predicted molar refractivity (Wildman–Crippen MR) is 98.9 cm³/mol. The molecule has 0 saturated heterocycles. The Morgan fingerprint density at radius 2 is 1.64 bits per heavy atom. The quantitative estimate of drug-likeness (QED) is 0.742. The van der Waals surface area contributed by atoms with Gasteiger partial charge in [-0.15, -0.1) is 0 Å². The summed E-state index contributed by atoms with van der Waals surface area (Å²) in [5.74, 6) is 1.30. The van der Waals surface area contributed by atoms with Crippen molar-refractivity contribution in [3.05, 3.63) is 72.3 Å². The molecule has 0 aromatic heterocycles. The summed E-state index contributed by atoms with van der Waals surface area (Å²) in [6.45, 7) is 2.23.